The molecule has 0 saturated heterocycles. The number of fused-ring (bicyclic) bond motifs is 1. The summed E-state index contributed by atoms with van der Waals surface area (Å²) in [4.78, 5) is 8.15. The number of rotatable bonds is 3. The predicted octanol–water partition coefficient (Wildman–Crippen LogP) is 3.35. The number of benzene rings is 1. The van der Waals surface area contributed by atoms with E-state index in [0.29, 0.717) is 12.5 Å². The van der Waals surface area contributed by atoms with E-state index in [0.717, 1.165) is 23.3 Å². The Balaban J connectivity index is 2.37. The summed E-state index contributed by atoms with van der Waals surface area (Å²) in [6.45, 7) is 9.45. The van der Waals surface area contributed by atoms with Gasteiger partial charge in [0.25, 0.3) is 0 Å². The highest BCUT2D eigenvalue weighted by Crippen LogP contribution is 2.30. The molecule has 1 aromatic carbocycles. The van der Waals surface area contributed by atoms with Crippen molar-refractivity contribution in [2.75, 3.05) is 6.54 Å². The highest BCUT2D eigenvalue weighted by molar-refractivity contribution is 5.78. The topological polar surface area (TPSA) is 54.7 Å². The largest absolute Gasteiger partial charge is 0.342 e. The number of aromatic nitrogens is 2. The monoisotopic (exact) mass is 245 g/mol. The highest BCUT2D eigenvalue weighted by Gasteiger charge is 2.21. The Morgan fingerprint density at radius 1 is 1.33 bits per heavy atom. The lowest BCUT2D eigenvalue weighted by Crippen LogP contribution is -2.20. The number of hydrogen-bond donors (Lipinski definition) is 2. The molecular weight excluding hydrogens is 222 g/mol. The number of imidazole rings is 1. The van der Waals surface area contributed by atoms with Gasteiger partial charge in [0.05, 0.1) is 11.0 Å². The van der Waals surface area contributed by atoms with E-state index in [2.05, 4.69) is 50.9 Å². The van der Waals surface area contributed by atoms with E-state index in [-0.39, 0.29) is 5.41 Å². The standard InChI is InChI=1S/C15H23N3/c1-10-6-5-7-12-13(10)18-14(17-12)11(9-16)8-15(2,3)4/h5-7,11H,8-9,16H2,1-4H3,(H,17,18). The Hall–Kier alpha value is -1.35. The minimum Gasteiger partial charge on any atom is -0.342 e. The van der Waals surface area contributed by atoms with Crippen molar-refractivity contribution in [2.24, 2.45) is 11.1 Å². The van der Waals surface area contributed by atoms with Crippen molar-refractivity contribution in [3.63, 3.8) is 0 Å². The molecule has 98 valence electrons. The van der Waals surface area contributed by atoms with E-state index in [9.17, 15) is 0 Å². The maximum Gasteiger partial charge on any atom is 0.111 e. The first-order valence-corrected chi connectivity index (χ1v) is 6.56. The van der Waals surface area contributed by atoms with Gasteiger partial charge in [0.2, 0.25) is 0 Å². The van der Waals surface area contributed by atoms with Crippen LogP contribution in [0.15, 0.2) is 18.2 Å². The molecule has 2 rings (SSSR count). The Morgan fingerprint density at radius 3 is 2.61 bits per heavy atom. The van der Waals surface area contributed by atoms with Crippen molar-refractivity contribution in [3.05, 3.63) is 29.6 Å². The third-order valence-corrected chi connectivity index (χ3v) is 3.26. The summed E-state index contributed by atoms with van der Waals surface area (Å²) < 4.78 is 0. The van der Waals surface area contributed by atoms with Crippen LogP contribution in [0.1, 0.15) is 44.5 Å². The lowest BCUT2D eigenvalue weighted by Gasteiger charge is -2.23. The van der Waals surface area contributed by atoms with E-state index >= 15 is 0 Å². The number of H-pyrrole nitrogens is 1. The number of nitrogens with one attached hydrogen (secondary N) is 1. The Labute approximate surface area is 109 Å². The number of hydrogen-bond acceptors (Lipinski definition) is 2. The van der Waals surface area contributed by atoms with E-state index in [4.69, 9.17) is 10.7 Å². The smallest absolute Gasteiger partial charge is 0.111 e. The van der Waals surface area contributed by atoms with Crippen molar-refractivity contribution < 1.29 is 0 Å². The predicted molar refractivity (Wildman–Crippen MR) is 76.7 cm³/mol. The van der Waals surface area contributed by atoms with Crippen LogP contribution in [0.5, 0.6) is 0 Å². The fraction of sp³-hybridized carbons (Fsp3) is 0.533. The summed E-state index contributed by atoms with van der Waals surface area (Å²) >= 11 is 0. The molecule has 1 atom stereocenters. The van der Waals surface area contributed by atoms with Crippen molar-refractivity contribution in [1.29, 1.82) is 0 Å². The summed E-state index contributed by atoms with van der Waals surface area (Å²) in [5.74, 6) is 1.33. The molecule has 0 aliphatic heterocycles. The summed E-state index contributed by atoms with van der Waals surface area (Å²) in [5.41, 5.74) is 9.56. The molecule has 1 heterocycles. The maximum absolute atomic E-state index is 5.91. The molecule has 1 unspecified atom stereocenters. The minimum absolute atomic E-state index is 0.262. The van der Waals surface area contributed by atoms with Gasteiger partial charge >= 0.3 is 0 Å². The number of nitrogens with two attached hydrogens (primary N) is 1. The number of nitrogens with zero attached hydrogens (tertiary/aromatic N) is 1. The van der Waals surface area contributed by atoms with Crippen LogP contribution in [0.25, 0.3) is 11.0 Å². The molecule has 1 aromatic heterocycles. The number of aryl methyl sites for hydroxylation is 1. The van der Waals surface area contributed by atoms with Gasteiger partial charge in [-0.25, -0.2) is 4.98 Å². The summed E-state index contributed by atoms with van der Waals surface area (Å²) in [6.07, 6.45) is 1.04. The van der Waals surface area contributed by atoms with Gasteiger partial charge in [0, 0.05) is 12.5 Å². The zero-order chi connectivity index (χ0) is 13.3. The van der Waals surface area contributed by atoms with Gasteiger partial charge < -0.3 is 10.7 Å². The molecule has 0 spiro atoms. The van der Waals surface area contributed by atoms with Gasteiger partial charge in [-0.1, -0.05) is 32.9 Å². The molecular formula is C15H23N3. The first kappa shape index (κ1) is 13.1. The van der Waals surface area contributed by atoms with Crippen molar-refractivity contribution in [3.8, 4) is 0 Å². The van der Waals surface area contributed by atoms with Crippen LogP contribution in [0.2, 0.25) is 0 Å². The van der Waals surface area contributed by atoms with Crippen molar-refractivity contribution >= 4 is 11.0 Å². The second-order valence-corrected chi connectivity index (χ2v) is 6.29. The third-order valence-electron chi connectivity index (χ3n) is 3.26. The fourth-order valence-electron chi connectivity index (χ4n) is 2.42. The normalized spacial score (nSPS) is 14.1. The first-order chi connectivity index (χ1) is 8.40. The number of para-hydroxylation sites is 1. The molecule has 3 heteroatoms. The lowest BCUT2D eigenvalue weighted by atomic mass is 9.84. The van der Waals surface area contributed by atoms with Gasteiger partial charge in [-0.15, -0.1) is 0 Å². The zero-order valence-electron chi connectivity index (χ0n) is 11.7. The van der Waals surface area contributed by atoms with E-state index in [1.54, 1.807) is 0 Å². The quantitative estimate of drug-likeness (QED) is 0.871. The average Bonchev–Trinajstić information content (AvgIpc) is 2.70. The molecule has 0 saturated carbocycles. The zero-order valence-corrected chi connectivity index (χ0v) is 11.7. The van der Waals surface area contributed by atoms with Crippen LogP contribution in [-0.2, 0) is 0 Å². The molecule has 0 bridgehead atoms. The summed E-state index contributed by atoms with van der Waals surface area (Å²) in [5, 5.41) is 0. The summed E-state index contributed by atoms with van der Waals surface area (Å²) in [6, 6.07) is 6.22. The summed E-state index contributed by atoms with van der Waals surface area (Å²) in [7, 11) is 0. The fourth-order valence-corrected chi connectivity index (χ4v) is 2.42. The van der Waals surface area contributed by atoms with Crippen molar-refractivity contribution in [2.45, 2.75) is 40.0 Å². The third kappa shape index (κ3) is 2.72. The van der Waals surface area contributed by atoms with Gasteiger partial charge in [0.15, 0.2) is 0 Å². The van der Waals surface area contributed by atoms with Gasteiger partial charge in [-0.3, -0.25) is 0 Å². The second kappa shape index (κ2) is 4.73. The van der Waals surface area contributed by atoms with Crippen LogP contribution in [0, 0.1) is 12.3 Å². The molecule has 0 fully saturated rings. The molecule has 18 heavy (non-hydrogen) atoms. The Bertz CT molecular complexity index is 534. The molecule has 3 N–H and O–H groups in total. The van der Waals surface area contributed by atoms with Crippen LogP contribution < -0.4 is 5.73 Å². The van der Waals surface area contributed by atoms with E-state index in [1.165, 1.54) is 5.56 Å². The van der Waals surface area contributed by atoms with Gasteiger partial charge in [-0.05, 0) is 30.4 Å². The van der Waals surface area contributed by atoms with Crippen molar-refractivity contribution in [1.82, 2.24) is 9.97 Å². The Kier molecular flexibility index (Phi) is 3.44. The van der Waals surface area contributed by atoms with Gasteiger partial charge in [-0.2, -0.15) is 0 Å². The molecule has 0 amide bonds. The van der Waals surface area contributed by atoms with Crippen LogP contribution in [-0.4, -0.2) is 16.5 Å². The molecule has 0 aliphatic carbocycles. The number of aromatic amines is 1. The first-order valence-electron chi connectivity index (χ1n) is 6.56. The SMILES string of the molecule is Cc1cccc2[nH]c(C(CN)CC(C)(C)C)nc12. The lowest BCUT2D eigenvalue weighted by molar-refractivity contribution is 0.337. The average molecular weight is 245 g/mol. The van der Waals surface area contributed by atoms with E-state index < -0.39 is 0 Å². The maximum atomic E-state index is 5.91. The van der Waals surface area contributed by atoms with Crippen LogP contribution in [0.3, 0.4) is 0 Å². The molecule has 3 nitrogen and oxygen atoms in total. The minimum atomic E-state index is 0.262. The van der Waals surface area contributed by atoms with Crippen LogP contribution in [0.4, 0.5) is 0 Å². The molecule has 0 aliphatic rings. The van der Waals surface area contributed by atoms with Gasteiger partial charge in [0.1, 0.15) is 5.82 Å². The Morgan fingerprint density at radius 2 is 2.06 bits per heavy atom. The molecule has 2 aromatic rings. The highest BCUT2D eigenvalue weighted by atomic mass is 14.9. The second-order valence-electron chi connectivity index (χ2n) is 6.29. The van der Waals surface area contributed by atoms with E-state index in [1.807, 2.05) is 0 Å². The molecule has 0 radical (unpaired) electrons. The van der Waals surface area contributed by atoms with Crippen LogP contribution >= 0.6 is 0 Å².